The number of hydrogen-bond acceptors (Lipinski definition) is 1. The summed E-state index contributed by atoms with van der Waals surface area (Å²) in [6.07, 6.45) is 3.33. The monoisotopic (exact) mass is 165 g/mol. The first-order chi connectivity index (χ1) is 5.77. The van der Waals surface area contributed by atoms with Gasteiger partial charge in [-0.2, -0.15) is 0 Å². The third-order valence-corrected chi connectivity index (χ3v) is 2.86. The van der Waals surface area contributed by atoms with Gasteiger partial charge in [-0.15, -0.1) is 5.73 Å². The van der Waals surface area contributed by atoms with E-state index in [1.807, 2.05) is 6.08 Å². The van der Waals surface area contributed by atoms with Gasteiger partial charge >= 0.3 is 0 Å². The molecule has 0 amide bonds. The van der Waals surface area contributed by atoms with Crippen molar-refractivity contribution in [2.24, 2.45) is 11.8 Å². The van der Waals surface area contributed by atoms with E-state index in [4.69, 9.17) is 0 Å². The summed E-state index contributed by atoms with van der Waals surface area (Å²) >= 11 is 0. The number of rotatable bonds is 3. The fourth-order valence-electron chi connectivity index (χ4n) is 2.02. The maximum atomic E-state index is 3.57. The summed E-state index contributed by atoms with van der Waals surface area (Å²) in [4.78, 5) is 2.48. The van der Waals surface area contributed by atoms with E-state index in [0.29, 0.717) is 0 Å². The summed E-state index contributed by atoms with van der Waals surface area (Å²) in [5.74, 6) is 1.77. The highest BCUT2D eigenvalue weighted by Crippen LogP contribution is 2.24. The lowest BCUT2D eigenvalue weighted by molar-refractivity contribution is 0.356. The Kier molecular flexibility index (Phi) is 3.58. The molecular formula is C11H19N. The van der Waals surface area contributed by atoms with Crippen molar-refractivity contribution in [3.8, 4) is 0 Å². The molecule has 1 heterocycles. The van der Waals surface area contributed by atoms with E-state index in [1.54, 1.807) is 0 Å². The van der Waals surface area contributed by atoms with E-state index in [1.165, 1.54) is 19.5 Å². The van der Waals surface area contributed by atoms with Crippen molar-refractivity contribution in [1.29, 1.82) is 0 Å². The van der Waals surface area contributed by atoms with Gasteiger partial charge in [0.1, 0.15) is 0 Å². The van der Waals surface area contributed by atoms with Gasteiger partial charge in [-0.3, -0.25) is 4.90 Å². The molecule has 0 spiro atoms. The molecule has 0 bridgehead atoms. The third kappa shape index (κ3) is 2.23. The smallest absolute Gasteiger partial charge is 0.0238 e. The summed E-state index contributed by atoms with van der Waals surface area (Å²) in [6, 6.07) is 0. The Morgan fingerprint density at radius 3 is 2.83 bits per heavy atom. The largest absolute Gasteiger partial charge is 0.299 e. The van der Waals surface area contributed by atoms with Crippen LogP contribution in [0.4, 0.5) is 0 Å². The molecule has 1 aliphatic heterocycles. The van der Waals surface area contributed by atoms with Crippen LogP contribution in [-0.2, 0) is 0 Å². The highest BCUT2D eigenvalue weighted by atomic mass is 15.1. The Morgan fingerprint density at radius 1 is 1.58 bits per heavy atom. The quantitative estimate of drug-likeness (QED) is 0.580. The first kappa shape index (κ1) is 9.57. The van der Waals surface area contributed by atoms with Gasteiger partial charge in [0.2, 0.25) is 0 Å². The lowest BCUT2D eigenvalue weighted by Gasteiger charge is -2.11. The van der Waals surface area contributed by atoms with Gasteiger partial charge in [0, 0.05) is 19.6 Å². The number of hydrogen-bond donors (Lipinski definition) is 0. The molecule has 1 saturated heterocycles. The molecule has 0 aromatic heterocycles. The van der Waals surface area contributed by atoms with Gasteiger partial charge in [0.25, 0.3) is 0 Å². The van der Waals surface area contributed by atoms with E-state index in [0.717, 1.165) is 18.4 Å². The van der Waals surface area contributed by atoms with Gasteiger partial charge in [0.05, 0.1) is 0 Å². The standard InChI is InChI=1S/C11H19N/c1-4-6-7-12-8-10(3)11(5-2)9-12/h6,10-11H,1,5,7-9H2,2-3H3. The third-order valence-electron chi connectivity index (χ3n) is 2.86. The second-order valence-corrected chi connectivity index (χ2v) is 3.77. The van der Waals surface area contributed by atoms with E-state index in [-0.39, 0.29) is 0 Å². The van der Waals surface area contributed by atoms with E-state index < -0.39 is 0 Å². The molecule has 0 aromatic carbocycles. The van der Waals surface area contributed by atoms with Crippen molar-refractivity contribution < 1.29 is 0 Å². The van der Waals surface area contributed by atoms with Gasteiger partial charge in [-0.05, 0) is 17.9 Å². The minimum atomic E-state index is 0.869. The number of likely N-dealkylation sites (tertiary alicyclic amines) is 1. The Bertz CT molecular complexity index is 179. The Labute approximate surface area is 75.8 Å². The van der Waals surface area contributed by atoms with Crippen molar-refractivity contribution in [2.75, 3.05) is 19.6 Å². The zero-order valence-corrected chi connectivity index (χ0v) is 8.21. The van der Waals surface area contributed by atoms with Gasteiger partial charge in [-0.1, -0.05) is 26.8 Å². The minimum absolute atomic E-state index is 0.869. The minimum Gasteiger partial charge on any atom is -0.299 e. The van der Waals surface area contributed by atoms with Crippen LogP contribution in [0.1, 0.15) is 20.3 Å². The van der Waals surface area contributed by atoms with Crippen LogP contribution >= 0.6 is 0 Å². The summed E-state index contributed by atoms with van der Waals surface area (Å²) in [6.45, 7) is 11.7. The average Bonchev–Trinajstić information content (AvgIpc) is 2.43. The number of nitrogens with zero attached hydrogens (tertiary/aromatic N) is 1. The molecule has 2 atom stereocenters. The van der Waals surface area contributed by atoms with Crippen molar-refractivity contribution in [3.63, 3.8) is 0 Å². The predicted molar refractivity (Wildman–Crippen MR) is 53.1 cm³/mol. The van der Waals surface area contributed by atoms with Crippen LogP contribution in [0.2, 0.25) is 0 Å². The maximum Gasteiger partial charge on any atom is 0.0238 e. The van der Waals surface area contributed by atoms with Gasteiger partial charge in [-0.25, -0.2) is 0 Å². The lowest BCUT2D eigenvalue weighted by atomic mass is 9.96. The SMILES string of the molecule is C=C=CCN1CC(C)C(CC)C1. The molecule has 1 nitrogen and oxygen atoms in total. The summed E-state index contributed by atoms with van der Waals surface area (Å²) in [5.41, 5.74) is 2.83. The second-order valence-electron chi connectivity index (χ2n) is 3.77. The molecule has 0 N–H and O–H groups in total. The van der Waals surface area contributed by atoms with E-state index in [2.05, 4.69) is 31.1 Å². The van der Waals surface area contributed by atoms with E-state index in [9.17, 15) is 0 Å². The molecule has 0 radical (unpaired) electrons. The van der Waals surface area contributed by atoms with Crippen molar-refractivity contribution in [2.45, 2.75) is 20.3 Å². The fourth-order valence-corrected chi connectivity index (χ4v) is 2.02. The summed E-state index contributed by atoms with van der Waals surface area (Å²) in [7, 11) is 0. The zero-order chi connectivity index (χ0) is 8.97. The molecule has 12 heavy (non-hydrogen) atoms. The average molecular weight is 165 g/mol. The molecule has 0 aromatic rings. The molecule has 1 heteroatoms. The topological polar surface area (TPSA) is 3.24 Å². The molecule has 1 aliphatic rings. The fraction of sp³-hybridized carbons (Fsp3) is 0.727. The Balaban J connectivity index is 2.37. The Hall–Kier alpha value is -0.520. The molecule has 0 aliphatic carbocycles. The molecule has 1 rings (SSSR count). The molecule has 2 unspecified atom stereocenters. The van der Waals surface area contributed by atoms with Gasteiger partial charge in [0.15, 0.2) is 0 Å². The van der Waals surface area contributed by atoms with Crippen molar-refractivity contribution in [1.82, 2.24) is 4.90 Å². The normalized spacial score (nSPS) is 30.2. The molecule has 68 valence electrons. The molecular weight excluding hydrogens is 146 g/mol. The first-order valence-electron chi connectivity index (χ1n) is 4.84. The maximum absolute atomic E-state index is 3.57. The summed E-state index contributed by atoms with van der Waals surface area (Å²) in [5, 5.41) is 0. The Morgan fingerprint density at radius 2 is 2.33 bits per heavy atom. The first-order valence-corrected chi connectivity index (χ1v) is 4.84. The van der Waals surface area contributed by atoms with Crippen LogP contribution in [0.3, 0.4) is 0 Å². The second kappa shape index (κ2) is 4.49. The van der Waals surface area contributed by atoms with E-state index >= 15 is 0 Å². The zero-order valence-electron chi connectivity index (χ0n) is 8.21. The van der Waals surface area contributed by atoms with Crippen LogP contribution in [0, 0.1) is 11.8 Å². The van der Waals surface area contributed by atoms with Crippen LogP contribution in [-0.4, -0.2) is 24.5 Å². The molecule has 0 saturated carbocycles. The van der Waals surface area contributed by atoms with Crippen molar-refractivity contribution in [3.05, 3.63) is 18.4 Å². The molecule has 1 fully saturated rings. The van der Waals surface area contributed by atoms with Crippen LogP contribution in [0.15, 0.2) is 18.4 Å². The van der Waals surface area contributed by atoms with Crippen molar-refractivity contribution >= 4 is 0 Å². The van der Waals surface area contributed by atoms with Crippen LogP contribution in [0.5, 0.6) is 0 Å². The highest BCUT2D eigenvalue weighted by molar-refractivity contribution is 4.86. The highest BCUT2D eigenvalue weighted by Gasteiger charge is 2.26. The van der Waals surface area contributed by atoms with Crippen LogP contribution < -0.4 is 0 Å². The lowest BCUT2D eigenvalue weighted by Crippen LogP contribution is -2.20. The van der Waals surface area contributed by atoms with Gasteiger partial charge < -0.3 is 0 Å². The summed E-state index contributed by atoms with van der Waals surface area (Å²) < 4.78 is 0. The predicted octanol–water partition coefficient (Wildman–Crippen LogP) is 2.31. The van der Waals surface area contributed by atoms with Crippen LogP contribution in [0.25, 0.3) is 0 Å².